The van der Waals surface area contributed by atoms with Crippen molar-refractivity contribution in [2.24, 2.45) is 5.73 Å². The van der Waals surface area contributed by atoms with Crippen LogP contribution in [-0.4, -0.2) is 24.4 Å². The third-order valence-corrected chi connectivity index (χ3v) is 2.30. The topological polar surface area (TPSA) is 61.5 Å². The first kappa shape index (κ1) is 13.4. The van der Waals surface area contributed by atoms with E-state index in [0.29, 0.717) is 6.61 Å². The molecule has 0 spiro atoms. The van der Waals surface area contributed by atoms with Crippen LogP contribution in [0.5, 0.6) is 0 Å². The molecular formula is C12H15NO3S. The minimum atomic E-state index is -0.318. The second-order valence-electron chi connectivity index (χ2n) is 3.54. The van der Waals surface area contributed by atoms with Crippen molar-refractivity contribution in [3.8, 4) is 0 Å². The van der Waals surface area contributed by atoms with Crippen LogP contribution in [0, 0.1) is 0 Å². The number of esters is 1. The quantitative estimate of drug-likeness (QED) is 0.638. The third-order valence-electron chi connectivity index (χ3n) is 2.19. The number of hydrogen-bond donors (Lipinski definition) is 1. The van der Waals surface area contributed by atoms with E-state index in [1.807, 2.05) is 30.3 Å². The minimum Gasteiger partial charge on any atom is -0.470 e. The van der Waals surface area contributed by atoms with Crippen molar-refractivity contribution in [3.63, 3.8) is 0 Å². The summed E-state index contributed by atoms with van der Waals surface area (Å²) in [5.74, 6) is -0.386. The van der Waals surface area contributed by atoms with E-state index in [1.165, 1.54) is 6.92 Å². The summed E-state index contributed by atoms with van der Waals surface area (Å²) in [5.41, 5.74) is 6.29. The van der Waals surface area contributed by atoms with Gasteiger partial charge in [0.05, 0.1) is 5.92 Å². The second-order valence-corrected chi connectivity index (χ2v) is 3.94. The van der Waals surface area contributed by atoms with Gasteiger partial charge < -0.3 is 15.2 Å². The van der Waals surface area contributed by atoms with Crippen LogP contribution < -0.4 is 5.73 Å². The molecule has 0 aliphatic rings. The van der Waals surface area contributed by atoms with E-state index in [9.17, 15) is 4.79 Å². The van der Waals surface area contributed by atoms with Crippen LogP contribution in [0.3, 0.4) is 0 Å². The Balaban J connectivity index is 2.64. The van der Waals surface area contributed by atoms with Gasteiger partial charge in [-0.05, 0) is 17.8 Å². The summed E-state index contributed by atoms with van der Waals surface area (Å²) in [6.45, 7) is 1.92. The van der Waals surface area contributed by atoms with Gasteiger partial charge in [0.15, 0.2) is 0 Å². The fourth-order valence-electron chi connectivity index (χ4n) is 1.37. The lowest BCUT2D eigenvalue weighted by Crippen LogP contribution is -2.21. The number of carbonyl (C=O) groups is 1. The first-order chi connectivity index (χ1) is 8.09. The predicted molar refractivity (Wildman–Crippen MR) is 68.6 cm³/mol. The van der Waals surface area contributed by atoms with E-state index in [-0.39, 0.29) is 23.7 Å². The van der Waals surface area contributed by atoms with Crippen molar-refractivity contribution in [3.05, 3.63) is 35.9 Å². The number of carbonyl (C=O) groups excluding carboxylic acids is 1. The first-order valence-electron chi connectivity index (χ1n) is 5.20. The zero-order valence-corrected chi connectivity index (χ0v) is 10.4. The maximum Gasteiger partial charge on any atom is 0.302 e. The molecule has 0 saturated heterocycles. The van der Waals surface area contributed by atoms with E-state index in [4.69, 9.17) is 15.2 Å². The Morgan fingerprint density at radius 2 is 1.88 bits per heavy atom. The first-order valence-corrected chi connectivity index (χ1v) is 5.61. The molecule has 92 valence electrons. The fourth-order valence-corrected chi connectivity index (χ4v) is 1.43. The highest BCUT2D eigenvalue weighted by molar-refractivity contribution is 7.80. The molecule has 0 unspecified atom stereocenters. The van der Waals surface area contributed by atoms with Crippen molar-refractivity contribution < 1.29 is 14.3 Å². The molecular weight excluding hydrogens is 238 g/mol. The van der Waals surface area contributed by atoms with Gasteiger partial charge in [0.1, 0.15) is 13.2 Å². The molecule has 0 saturated carbocycles. The summed E-state index contributed by atoms with van der Waals surface area (Å²) in [4.78, 5) is 10.8. The summed E-state index contributed by atoms with van der Waals surface area (Å²) < 4.78 is 10.1. The molecule has 0 aromatic heterocycles. The predicted octanol–water partition coefficient (Wildman–Crippen LogP) is 1.59. The number of rotatable bonds is 5. The monoisotopic (exact) mass is 253 g/mol. The summed E-state index contributed by atoms with van der Waals surface area (Å²) >= 11 is 4.65. The van der Waals surface area contributed by atoms with Crippen molar-refractivity contribution >= 4 is 23.4 Å². The van der Waals surface area contributed by atoms with Crippen LogP contribution in [0.2, 0.25) is 0 Å². The fraction of sp³-hybridized carbons (Fsp3) is 0.333. The number of hydrogen-bond acceptors (Lipinski definition) is 4. The Kier molecular flexibility index (Phi) is 5.42. The van der Waals surface area contributed by atoms with E-state index in [0.717, 1.165) is 5.56 Å². The van der Waals surface area contributed by atoms with E-state index in [1.54, 1.807) is 0 Å². The molecule has 4 nitrogen and oxygen atoms in total. The van der Waals surface area contributed by atoms with Gasteiger partial charge in [0.2, 0.25) is 0 Å². The van der Waals surface area contributed by atoms with Crippen LogP contribution in [0.25, 0.3) is 0 Å². The standard InChI is InChI=1S/C12H15NO3S/c1-9(14)15-7-11(8-16-12(13)17)10-5-3-2-4-6-10/h2-6,11H,7-8H2,1H3,(H2,13,17)/t11-/m0/s1. The summed E-state index contributed by atoms with van der Waals surface area (Å²) in [6, 6.07) is 9.63. The molecule has 0 aliphatic carbocycles. The molecule has 5 heteroatoms. The lowest BCUT2D eigenvalue weighted by Gasteiger charge is -2.17. The summed E-state index contributed by atoms with van der Waals surface area (Å²) in [6.07, 6.45) is 0. The van der Waals surface area contributed by atoms with E-state index < -0.39 is 0 Å². The summed E-state index contributed by atoms with van der Waals surface area (Å²) in [7, 11) is 0. The van der Waals surface area contributed by atoms with Crippen molar-refractivity contribution in [1.29, 1.82) is 0 Å². The lowest BCUT2D eigenvalue weighted by atomic mass is 10.0. The Labute approximate surface area is 106 Å². The van der Waals surface area contributed by atoms with Crippen molar-refractivity contribution in [2.45, 2.75) is 12.8 Å². The molecule has 2 N–H and O–H groups in total. The van der Waals surface area contributed by atoms with Crippen molar-refractivity contribution in [2.75, 3.05) is 13.2 Å². The van der Waals surface area contributed by atoms with Crippen LogP contribution in [0.1, 0.15) is 18.4 Å². The molecule has 0 heterocycles. The maximum atomic E-state index is 10.8. The highest BCUT2D eigenvalue weighted by atomic mass is 32.1. The highest BCUT2D eigenvalue weighted by Crippen LogP contribution is 2.16. The smallest absolute Gasteiger partial charge is 0.302 e. The maximum absolute atomic E-state index is 10.8. The van der Waals surface area contributed by atoms with Crippen LogP contribution in [0.4, 0.5) is 0 Å². The molecule has 1 atom stereocenters. The number of benzene rings is 1. The highest BCUT2D eigenvalue weighted by Gasteiger charge is 2.14. The van der Waals surface area contributed by atoms with Gasteiger partial charge in [-0.3, -0.25) is 4.79 Å². The normalized spacial score (nSPS) is 11.6. The van der Waals surface area contributed by atoms with Gasteiger partial charge in [0.25, 0.3) is 5.17 Å². The minimum absolute atomic E-state index is 0.00578. The van der Waals surface area contributed by atoms with Gasteiger partial charge in [0, 0.05) is 6.92 Å². The molecule has 0 aliphatic heterocycles. The summed E-state index contributed by atoms with van der Waals surface area (Å²) in [5, 5.41) is -0.00578. The molecule has 0 amide bonds. The van der Waals surface area contributed by atoms with Gasteiger partial charge in [-0.25, -0.2) is 0 Å². The number of ether oxygens (including phenoxy) is 2. The third kappa shape index (κ3) is 5.31. The Bertz CT molecular complexity index is 363. The van der Waals surface area contributed by atoms with Gasteiger partial charge in [-0.15, -0.1) is 0 Å². The Hall–Kier alpha value is -1.62. The molecule has 1 aromatic carbocycles. The Morgan fingerprint density at radius 1 is 1.29 bits per heavy atom. The Morgan fingerprint density at radius 3 is 2.41 bits per heavy atom. The van der Waals surface area contributed by atoms with Gasteiger partial charge in [-0.1, -0.05) is 30.3 Å². The van der Waals surface area contributed by atoms with Crippen LogP contribution in [-0.2, 0) is 14.3 Å². The average molecular weight is 253 g/mol. The molecule has 0 bridgehead atoms. The zero-order valence-electron chi connectivity index (χ0n) is 9.59. The molecule has 1 aromatic rings. The molecule has 1 rings (SSSR count). The van der Waals surface area contributed by atoms with E-state index in [2.05, 4.69) is 12.2 Å². The lowest BCUT2D eigenvalue weighted by molar-refractivity contribution is -0.141. The van der Waals surface area contributed by atoms with Crippen LogP contribution >= 0.6 is 12.2 Å². The zero-order chi connectivity index (χ0) is 12.7. The van der Waals surface area contributed by atoms with Gasteiger partial charge >= 0.3 is 5.97 Å². The van der Waals surface area contributed by atoms with Crippen molar-refractivity contribution in [1.82, 2.24) is 0 Å². The van der Waals surface area contributed by atoms with E-state index >= 15 is 0 Å². The SMILES string of the molecule is CC(=O)OC[C@@H](COC(N)=S)c1ccccc1. The number of nitrogens with two attached hydrogens (primary N) is 1. The molecule has 0 radical (unpaired) electrons. The number of thiocarbonyl (C=S) groups is 1. The van der Waals surface area contributed by atoms with Crippen LogP contribution in [0.15, 0.2) is 30.3 Å². The molecule has 0 fully saturated rings. The largest absolute Gasteiger partial charge is 0.470 e. The molecule has 17 heavy (non-hydrogen) atoms. The average Bonchev–Trinajstić information content (AvgIpc) is 2.29. The van der Waals surface area contributed by atoms with Gasteiger partial charge in [-0.2, -0.15) is 0 Å². The second kappa shape index (κ2) is 6.85.